The van der Waals surface area contributed by atoms with Crippen LogP contribution in [-0.4, -0.2) is 40.8 Å². The highest BCUT2D eigenvalue weighted by Crippen LogP contribution is 2.30. The van der Waals surface area contributed by atoms with Crippen molar-refractivity contribution in [2.45, 2.75) is 53.2 Å². The number of nitrogens with zero attached hydrogens (tertiary/aromatic N) is 3. The molecule has 0 aliphatic rings. The first-order valence-corrected chi connectivity index (χ1v) is 7.89. The Morgan fingerprint density at radius 2 is 2.12 bits per heavy atom. The summed E-state index contributed by atoms with van der Waals surface area (Å²) in [6.45, 7) is 15.0. The molecule has 0 saturated carbocycles. The van der Waals surface area contributed by atoms with Gasteiger partial charge in [-0.1, -0.05) is 6.08 Å². The maximum absolute atomic E-state index is 11.7. The summed E-state index contributed by atoms with van der Waals surface area (Å²) in [4.78, 5) is 15.7. The van der Waals surface area contributed by atoms with Gasteiger partial charge in [0.15, 0.2) is 0 Å². The summed E-state index contributed by atoms with van der Waals surface area (Å²) in [5, 5.41) is 7.07. The molecule has 0 aliphatic carbocycles. The molecule has 0 bridgehead atoms. The second-order valence-electron chi connectivity index (χ2n) is 6.53. The molecule has 0 spiro atoms. The van der Waals surface area contributed by atoms with Crippen molar-refractivity contribution in [2.24, 2.45) is 12.0 Å². The van der Waals surface area contributed by atoms with E-state index in [1.807, 2.05) is 47.6 Å². The Morgan fingerprint density at radius 1 is 1.50 bits per heavy atom. The number of allylic oxidation sites excluding steroid dienone is 1. The fourth-order valence-corrected chi connectivity index (χ4v) is 2.16. The Kier molecular flexibility index (Phi) is 6.57. The lowest BCUT2D eigenvalue weighted by atomic mass is 10.2. The van der Waals surface area contributed by atoms with Gasteiger partial charge < -0.3 is 14.8 Å². The van der Waals surface area contributed by atoms with Gasteiger partial charge in [-0.2, -0.15) is 5.10 Å². The zero-order chi connectivity index (χ0) is 18.5. The van der Waals surface area contributed by atoms with E-state index in [9.17, 15) is 4.79 Å². The normalized spacial score (nSPS) is 13.4. The average Bonchev–Trinajstić information content (AvgIpc) is 2.72. The highest BCUT2D eigenvalue weighted by molar-refractivity contribution is 5.72. The number of rotatable bonds is 6. The molecule has 0 saturated heterocycles. The van der Waals surface area contributed by atoms with Gasteiger partial charge in [-0.25, -0.2) is 9.48 Å². The van der Waals surface area contributed by atoms with E-state index in [0.29, 0.717) is 18.1 Å². The van der Waals surface area contributed by atoms with E-state index in [-0.39, 0.29) is 6.10 Å². The van der Waals surface area contributed by atoms with Gasteiger partial charge in [-0.05, 0) is 48.3 Å². The molecule has 0 fully saturated rings. The molecule has 24 heavy (non-hydrogen) atoms. The van der Waals surface area contributed by atoms with Crippen LogP contribution in [0, 0.1) is 6.92 Å². The third-order valence-electron chi connectivity index (χ3n) is 3.12. The van der Waals surface area contributed by atoms with Crippen LogP contribution in [0.4, 0.5) is 4.79 Å². The average molecular weight is 336 g/mol. The van der Waals surface area contributed by atoms with Crippen LogP contribution in [0.5, 0.6) is 5.88 Å². The van der Waals surface area contributed by atoms with E-state index in [4.69, 9.17) is 9.47 Å². The summed E-state index contributed by atoms with van der Waals surface area (Å²) in [5.41, 5.74) is 1.79. The Morgan fingerprint density at radius 3 is 2.62 bits per heavy atom. The molecule has 7 heteroatoms. The molecule has 0 aliphatic heterocycles. The molecule has 7 nitrogen and oxygen atoms in total. The molecule has 1 amide bonds. The Labute approximate surface area is 143 Å². The summed E-state index contributed by atoms with van der Waals surface area (Å²) < 4.78 is 12.8. The van der Waals surface area contributed by atoms with Crippen molar-refractivity contribution in [1.82, 2.24) is 15.1 Å². The monoisotopic (exact) mass is 336 g/mol. The summed E-state index contributed by atoms with van der Waals surface area (Å²) in [7, 11) is 1.80. The highest BCUT2D eigenvalue weighted by Gasteiger charge is 2.21. The van der Waals surface area contributed by atoms with Crippen LogP contribution < -0.4 is 10.1 Å². The van der Waals surface area contributed by atoms with Crippen LogP contribution in [0.1, 0.15) is 45.9 Å². The molecular weight excluding hydrogens is 308 g/mol. The molecule has 1 N–H and O–H groups in total. The lowest BCUT2D eigenvalue weighted by Gasteiger charge is -2.21. The summed E-state index contributed by atoms with van der Waals surface area (Å²) in [5.74, 6) is 0.589. The van der Waals surface area contributed by atoms with E-state index >= 15 is 0 Å². The maximum Gasteiger partial charge on any atom is 0.407 e. The van der Waals surface area contributed by atoms with Gasteiger partial charge in [0, 0.05) is 7.05 Å². The SMILES string of the molecule is C=N/C(=C\C)c1c(C)nn(C)c1OC(C)CNC(=O)OC(C)(C)C. The number of aryl methyl sites for hydroxylation is 2. The number of aromatic nitrogens is 2. The lowest BCUT2D eigenvalue weighted by molar-refractivity contribution is 0.0503. The van der Waals surface area contributed by atoms with Crippen LogP contribution >= 0.6 is 0 Å². The smallest absolute Gasteiger partial charge is 0.407 e. The topological polar surface area (TPSA) is 77.7 Å². The predicted octanol–water partition coefficient (Wildman–Crippen LogP) is 3.08. The van der Waals surface area contributed by atoms with Crippen molar-refractivity contribution in [1.29, 1.82) is 0 Å². The van der Waals surface area contributed by atoms with E-state index in [1.54, 1.807) is 11.7 Å². The van der Waals surface area contributed by atoms with Crippen LogP contribution in [-0.2, 0) is 11.8 Å². The third-order valence-corrected chi connectivity index (χ3v) is 3.12. The lowest BCUT2D eigenvalue weighted by Crippen LogP contribution is -2.38. The molecule has 1 unspecified atom stereocenters. The summed E-state index contributed by atoms with van der Waals surface area (Å²) in [6, 6.07) is 0. The first-order valence-electron chi connectivity index (χ1n) is 7.89. The van der Waals surface area contributed by atoms with Crippen molar-refractivity contribution in [3.8, 4) is 5.88 Å². The number of ether oxygens (including phenoxy) is 2. The third kappa shape index (κ3) is 5.40. The quantitative estimate of drug-likeness (QED) is 0.810. The van der Waals surface area contributed by atoms with E-state index in [2.05, 4.69) is 22.1 Å². The van der Waals surface area contributed by atoms with Crippen LogP contribution in [0.3, 0.4) is 0 Å². The minimum absolute atomic E-state index is 0.269. The van der Waals surface area contributed by atoms with Crippen molar-refractivity contribution >= 4 is 18.5 Å². The Hall–Kier alpha value is -2.31. The number of aliphatic imine (C=N–C) groups is 1. The van der Waals surface area contributed by atoms with Gasteiger partial charge in [0.05, 0.1) is 23.5 Å². The fraction of sp³-hybridized carbons (Fsp3) is 0.588. The second-order valence-corrected chi connectivity index (χ2v) is 6.53. The zero-order valence-corrected chi connectivity index (χ0v) is 15.6. The predicted molar refractivity (Wildman–Crippen MR) is 95.5 cm³/mol. The van der Waals surface area contributed by atoms with E-state index in [0.717, 1.165) is 11.3 Å². The van der Waals surface area contributed by atoms with E-state index < -0.39 is 11.7 Å². The number of amides is 1. The van der Waals surface area contributed by atoms with Crippen LogP contribution in [0.25, 0.3) is 5.70 Å². The highest BCUT2D eigenvalue weighted by atomic mass is 16.6. The number of hydrogen-bond donors (Lipinski definition) is 1. The first-order chi connectivity index (χ1) is 11.1. The second kappa shape index (κ2) is 7.99. The number of carbonyl (C=O) groups is 1. The molecule has 1 aromatic rings. The molecule has 134 valence electrons. The van der Waals surface area contributed by atoms with Gasteiger partial charge >= 0.3 is 6.09 Å². The van der Waals surface area contributed by atoms with Crippen molar-refractivity contribution in [2.75, 3.05) is 6.54 Å². The van der Waals surface area contributed by atoms with Crippen molar-refractivity contribution in [3.05, 3.63) is 17.3 Å². The summed E-state index contributed by atoms with van der Waals surface area (Å²) >= 11 is 0. The Balaban J connectivity index is 2.79. The molecule has 0 radical (unpaired) electrons. The fourth-order valence-electron chi connectivity index (χ4n) is 2.16. The molecular formula is C17H28N4O3. The van der Waals surface area contributed by atoms with Gasteiger partial charge in [-0.3, -0.25) is 4.99 Å². The minimum Gasteiger partial charge on any atom is -0.472 e. The summed E-state index contributed by atoms with van der Waals surface area (Å²) in [6.07, 6.45) is 1.11. The first kappa shape index (κ1) is 19.7. The van der Waals surface area contributed by atoms with Gasteiger partial charge in [-0.15, -0.1) is 0 Å². The number of nitrogens with one attached hydrogen (secondary N) is 1. The largest absolute Gasteiger partial charge is 0.472 e. The number of carbonyl (C=O) groups excluding carboxylic acids is 1. The van der Waals surface area contributed by atoms with Crippen molar-refractivity contribution < 1.29 is 14.3 Å². The standard InChI is InChI=1S/C17H28N4O3/c1-9-13(18-7)14-12(3)20-21(8)15(14)23-11(2)10-19-16(22)24-17(4,5)6/h9,11H,7,10H2,1-6,8H3,(H,19,22)/b13-9-. The molecule has 1 rings (SSSR count). The molecule has 1 aromatic heterocycles. The van der Waals surface area contributed by atoms with Crippen molar-refractivity contribution in [3.63, 3.8) is 0 Å². The number of alkyl carbamates (subject to hydrolysis) is 1. The van der Waals surface area contributed by atoms with Crippen LogP contribution in [0.2, 0.25) is 0 Å². The van der Waals surface area contributed by atoms with Gasteiger partial charge in [0.25, 0.3) is 0 Å². The molecule has 0 aromatic carbocycles. The molecule has 1 heterocycles. The van der Waals surface area contributed by atoms with Gasteiger partial charge in [0.1, 0.15) is 11.7 Å². The zero-order valence-electron chi connectivity index (χ0n) is 15.6. The molecule has 1 atom stereocenters. The Bertz CT molecular complexity index is 627. The van der Waals surface area contributed by atoms with Crippen LogP contribution in [0.15, 0.2) is 11.1 Å². The van der Waals surface area contributed by atoms with Gasteiger partial charge in [0.2, 0.25) is 5.88 Å². The maximum atomic E-state index is 11.7. The van der Waals surface area contributed by atoms with E-state index in [1.165, 1.54) is 0 Å². The number of hydrogen-bond acceptors (Lipinski definition) is 5. The minimum atomic E-state index is -0.531.